The van der Waals surface area contributed by atoms with Crippen LogP contribution in [0.3, 0.4) is 0 Å². The number of aryl methyl sites for hydroxylation is 1. The Balaban J connectivity index is 3.31. The highest BCUT2D eigenvalue weighted by Crippen LogP contribution is 2.35. The first-order valence-electron chi connectivity index (χ1n) is 4.85. The Kier molecular flexibility index (Phi) is 2.93. The van der Waals surface area contributed by atoms with Gasteiger partial charge in [0.1, 0.15) is 0 Å². The third-order valence-electron chi connectivity index (χ3n) is 2.90. The first kappa shape index (κ1) is 11.2. The number of benzene rings is 1. The molecule has 0 bridgehead atoms. The molecular weight excluding hydrogens is 182 g/mol. The molecule has 0 heterocycles. The van der Waals surface area contributed by atoms with Crippen molar-refractivity contribution < 1.29 is 8.78 Å². The molecule has 1 rings (SSSR count). The maximum absolute atomic E-state index is 13.5. The van der Waals surface area contributed by atoms with E-state index in [1.807, 2.05) is 13.8 Å². The summed E-state index contributed by atoms with van der Waals surface area (Å²) in [5.41, 5.74) is 2.92. The molecule has 1 aromatic carbocycles. The van der Waals surface area contributed by atoms with Crippen molar-refractivity contribution in [2.75, 3.05) is 0 Å². The average molecular weight is 198 g/mol. The van der Waals surface area contributed by atoms with Gasteiger partial charge < -0.3 is 0 Å². The van der Waals surface area contributed by atoms with Crippen molar-refractivity contribution in [3.8, 4) is 0 Å². The Morgan fingerprint density at radius 1 is 1.07 bits per heavy atom. The summed E-state index contributed by atoms with van der Waals surface area (Å²) >= 11 is 0. The van der Waals surface area contributed by atoms with Crippen LogP contribution in [0, 0.1) is 20.8 Å². The van der Waals surface area contributed by atoms with Gasteiger partial charge in [0, 0.05) is 12.0 Å². The molecule has 0 aliphatic rings. The average Bonchev–Trinajstić information content (AvgIpc) is 2.14. The zero-order valence-electron chi connectivity index (χ0n) is 9.12. The molecule has 0 spiro atoms. The zero-order chi connectivity index (χ0) is 10.9. The maximum Gasteiger partial charge on any atom is 0.273 e. The summed E-state index contributed by atoms with van der Waals surface area (Å²) in [6, 6.07) is 3.31. The lowest BCUT2D eigenvalue weighted by molar-refractivity contribution is -0.00896. The topological polar surface area (TPSA) is 0 Å². The van der Waals surface area contributed by atoms with E-state index >= 15 is 0 Å². The summed E-state index contributed by atoms with van der Waals surface area (Å²) < 4.78 is 26.9. The molecule has 0 aliphatic heterocycles. The summed E-state index contributed by atoms with van der Waals surface area (Å²) in [6.45, 7) is 7.10. The molecule has 0 fully saturated rings. The van der Waals surface area contributed by atoms with Crippen molar-refractivity contribution in [3.63, 3.8) is 0 Å². The van der Waals surface area contributed by atoms with Crippen LogP contribution in [0.15, 0.2) is 12.1 Å². The van der Waals surface area contributed by atoms with E-state index in [2.05, 4.69) is 0 Å². The van der Waals surface area contributed by atoms with Crippen molar-refractivity contribution in [2.45, 2.75) is 40.0 Å². The van der Waals surface area contributed by atoms with E-state index in [0.29, 0.717) is 0 Å². The highest BCUT2D eigenvalue weighted by molar-refractivity contribution is 5.40. The Bertz CT molecular complexity index is 340. The molecule has 0 saturated heterocycles. The lowest BCUT2D eigenvalue weighted by Gasteiger charge is -2.19. The number of rotatable bonds is 2. The van der Waals surface area contributed by atoms with Crippen LogP contribution in [0.5, 0.6) is 0 Å². The minimum absolute atomic E-state index is 0.143. The van der Waals surface area contributed by atoms with E-state index in [0.717, 1.165) is 16.7 Å². The minimum atomic E-state index is -2.69. The fraction of sp³-hybridized carbons (Fsp3) is 0.500. The zero-order valence-corrected chi connectivity index (χ0v) is 9.12. The van der Waals surface area contributed by atoms with E-state index in [4.69, 9.17) is 0 Å². The van der Waals surface area contributed by atoms with E-state index in [1.54, 1.807) is 19.1 Å². The van der Waals surface area contributed by atoms with E-state index in [-0.39, 0.29) is 12.0 Å². The van der Waals surface area contributed by atoms with Crippen LogP contribution in [-0.4, -0.2) is 0 Å². The van der Waals surface area contributed by atoms with Gasteiger partial charge in [-0.25, -0.2) is 8.78 Å². The molecule has 0 unspecified atom stereocenters. The molecule has 0 radical (unpaired) electrons. The predicted molar refractivity (Wildman–Crippen MR) is 54.8 cm³/mol. The van der Waals surface area contributed by atoms with Crippen molar-refractivity contribution >= 4 is 0 Å². The molecule has 0 saturated carbocycles. The summed E-state index contributed by atoms with van der Waals surface area (Å²) in [5, 5.41) is 0. The van der Waals surface area contributed by atoms with Gasteiger partial charge in [-0.05, 0) is 37.5 Å². The SMILES string of the molecule is CCC(F)(F)c1ccc(C)c(C)c1C. The Morgan fingerprint density at radius 3 is 2.14 bits per heavy atom. The number of alkyl halides is 2. The van der Waals surface area contributed by atoms with Crippen LogP contribution in [0.1, 0.15) is 35.6 Å². The van der Waals surface area contributed by atoms with Crippen molar-refractivity contribution in [3.05, 3.63) is 34.4 Å². The summed E-state index contributed by atoms with van der Waals surface area (Å²) in [7, 11) is 0. The summed E-state index contributed by atoms with van der Waals surface area (Å²) in [6.07, 6.45) is -0.143. The van der Waals surface area contributed by atoms with Gasteiger partial charge >= 0.3 is 0 Å². The molecule has 78 valence electrons. The minimum Gasteiger partial charge on any atom is -0.201 e. The fourth-order valence-electron chi connectivity index (χ4n) is 1.54. The molecule has 14 heavy (non-hydrogen) atoms. The predicted octanol–water partition coefficient (Wildman–Crippen LogP) is 4.11. The molecule has 0 nitrogen and oxygen atoms in total. The lowest BCUT2D eigenvalue weighted by atomic mass is 9.94. The molecule has 2 heteroatoms. The van der Waals surface area contributed by atoms with Gasteiger partial charge in [-0.15, -0.1) is 0 Å². The van der Waals surface area contributed by atoms with Gasteiger partial charge in [-0.1, -0.05) is 19.1 Å². The van der Waals surface area contributed by atoms with Crippen LogP contribution in [-0.2, 0) is 5.92 Å². The van der Waals surface area contributed by atoms with Crippen LogP contribution in [0.2, 0.25) is 0 Å². The highest BCUT2D eigenvalue weighted by Gasteiger charge is 2.30. The van der Waals surface area contributed by atoms with Gasteiger partial charge in [0.05, 0.1) is 0 Å². The van der Waals surface area contributed by atoms with Crippen LogP contribution in [0.4, 0.5) is 8.78 Å². The van der Waals surface area contributed by atoms with E-state index in [1.165, 1.54) is 6.92 Å². The van der Waals surface area contributed by atoms with Crippen LogP contribution >= 0.6 is 0 Å². The Morgan fingerprint density at radius 2 is 1.64 bits per heavy atom. The van der Waals surface area contributed by atoms with Gasteiger partial charge in [0.2, 0.25) is 0 Å². The van der Waals surface area contributed by atoms with Crippen LogP contribution < -0.4 is 0 Å². The summed E-state index contributed by atoms with van der Waals surface area (Å²) in [5.74, 6) is -2.69. The molecule has 0 aromatic heterocycles. The van der Waals surface area contributed by atoms with Crippen LogP contribution in [0.25, 0.3) is 0 Å². The molecule has 0 N–H and O–H groups in total. The normalized spacial score (nSPS) is 11.9. The molecule has 0 atom stereocenters. The van der Waals surface area contributed by atoms with Gasteiger partial charge in [0.25, 0.3) is 5.92 Å². The number of hydrogen-bond acceptors (Lipinski definition) is 0. The third kappa shape index (κ3) is 1.79. The second-order valence-corrected chi connectivity index (χ2v) is 3.74. The molecule has 1 aromatic rings. The van der Waals surface area contributed by atoms with Gasteiger partial charge in [-0.3, -0.25) is 0 Å². The molecule has 0 amide bonds. The first-order valence-corrected chi connectivity index (χ1v) is 4.85. The standard InChI is InChI=1S/C12H16F2/c1-5-12(13,14)11-7-6-8(2)9(3)10(11)4/h6-7H,5H2,1-4H3. The number of halogens is 2. The second-order valence-electron chi connectivity index (χ2n) is 3.74. The maximum atomic E-state index is 13.5. The van der Waals surface area contributed by atoms with E-state index in [9.17, 15) is 8.78 Å². The lowest BCUT2D eigenvalue weighted by Crippen LogP contribution is -2.14. The number of hydrogen-bond donors (Lipinski definition) is 0. The van der Waals surface area contributed by atoms with Crippen molar-refractivity contribution in [1.29, 1.82) is 0 Å². The van der Waals surface area contributed by atoms with Gasteiger partial charge in [-0.2, -0.15) is 0 Å². The quantitative estimate of drug-likeness (QED) is 0.670. The van der Waals surface area contributed by atoms with Gasteiger partial charge in [0.15, 0.2) is 0 Å². The Labute approximate surface area is 84.0 Å². The van der Waals surface area contributed by atoms with Crippen molar-refractivity contribution in [2.24, 2.45) is 0 Å². The summed E-state index contributed by atoms with van der Waals surface area (Å²) in [4.78, 5) is 0. The second kappa shape index (κ2) is 3.68. The monoisotopic (exact) mass is 198 g/mol. The highest BCUT2D eigenvalue weighted by atomic mass is 19.3. The smallest absolute Gasteiger partial charge is 0.201 e. The fourth-order valence-corrected chi connectivity index (χ4v) is 1.54. The van der Waals surface area contributed by atoms with Crippen molar-refractivity contribution in [1.82, 2.24) is 0 Å². The Hall–Kier alpha value is -0.920. The third-order valence-corrected chi connectivity index (χ3v) is 2.90. The molecule has 0 aliphatic carbocycles. The largest absolute Gasteiger partial charge is 0.273 e. The molecular formula is C12H16F2. The van der Waals surface area contributed by atoms with E-state index < -0.39 is 5.92 Å². The first-order chi connectivity index (χ1) is 6.40.